The Morgan fingerprint density at radius 1 is 1.52 bits per heavy atom. The molecular formula is C16H20ClN3O. The maximum absolute atomic E-state index is 12.4. The first-order valence-corrected chi connectivity index (χ1v) is 7.85. The number of aromatic amines is 1. The second-order valence-corrected chi connectivity index (χ2v) is 5.96. The van der Waals surface area contributed by atoms with Gasteiger partial charge in [-0.05, 0) is 38.1 Å². The van der Waals surface area contributed by atoms with Crippen molar-refractivity contribution >= 4 is 28.4 Å². The van der Waals surface area contributed by atoms with Gasteiger partial charge < -0.3 is 10.3 Å². The number of likely N-dealkylation sites (N-methyl/N-ethyl adjacent to an activating group) is 1. The van der Waals surface area contributed by atoms with E-state index < -0.39 is 0 Å². The third kappa shape index (κ3) is 2.92. The number of fused-ring (bicyclic) bond motifs is 1. The average Bonchev–Trinajstić information content (AvgIpc) is 3.10. The van der Waals surface area contributed by atoms with Crippen LogP contribution in [0.25, 0.3) is 10.9 Å². The summed E-state index contributed by atoms with van der Waals surface area (Å²) in [5.41, 5.74) is 1.58. The van der Waals surface area contributed by atoms with E-state index in [1.54, 1.807) is 6.20 Å². The molecule has 1 atom stereocenters. The van der Waals surface area contributed by atoms with Crippen molar-refractivity contribution in [2.45, 2.75) is 25.8 Å². The largest absolute Gasteiger partial charge is 0.360 e. The Morgan fingerprint density at radius 2 is 2.38 bits per heavy atom. The fraction of sp³-hybridized carbons (Fsp3) is 0.438. The molecule has 1 saturated heterocycles. The number of carbonyl (C=O) groups excluding carboxylic acids is 1. The molecule has 2 N–H and O–H groups in total. The predicted molar refractivity (Wildman–Crippen MR) is 85.9 cm³/mol. The molecule has 5 heteroatoms. The standard InChI is InChI=1S/C16H20ClN3O/c1-2-20-7-3-4-12(20)9-19-16(21)14-10-18-15-8-11(17)5-6-13(14)15/h5-6,8,10,12,18H,2-4,7,9H2,1H3,(H,19,21)/t12-/m0/s1. The molecule has 0 radical (unpaired) electrons. The number of carbonyl (C=O) groups is 1. The van der Waals surface area contributed by atoms with Crippen molar-refractivity contribution in [2.24, 2.45) is 0 Å². The van der Waals surface area contributed by atoms with Crippen LogP contribution >= 0.6 is 11.6 Å². The van der Waals surface area contributed by atoms with Crippen LogP contribution in [0.3, 0.4) is 0 Å². The molecule has 0 spiro atoms. The van der Waals surface area contributed by atoms with Gasteiger partial charge in [-0.3, -0.25) is 9.69 Å². The van der Waals surface area contributed by atoms with E-state index in [1.165, 1.54) is 6.42 Å². The molecule has 1 aliphatic rings. The monoisotopic (exact) mass is 305 g/mol. The molecule has 0 aliphatic carbocycles. The molecule has 2 aromatic rings. The number of likely N-dealkylation sites (tertiary alicyclic amines) is 1. The number of hydrogen-bond acceptors (Lipinski definition) is 2. The maximum atomic E-state index is 12.4. The highest BCUT2D eigenvalue weighted by Crippen LogP contribution is 2.22. The summed E-state index contributed by atoms with van der Waals surface area (Å²) in [5.74, 6) is -0.0217. The highest BCUT2D eigenvalue weighted by atomic mass is 35.5. The van der Waals surface area contributed by atoms with Crippen LogP contribution in [-0.2, 0) is 0 Å². The van der Waals surface area contributed by atoms with Gasteiger partial charge in [0.15, 0.2) is 0 Å². The summed E-state index contributed by atoms with van der Waals surface area (Å²) in [6.07, 6.45) is 4.14. The van der Waals surface area contributed by atoms with E-state index in [2.05, 4.69) is 22.1 Å². The van der Waals surface area contributed by atoms with Crippen molar-refractivity contribution in [3.63, 3.8) is 0 Å². The molecule has 1 aliphatic heterocycles. The Kier molecular flexibility index (Phi) is 4.17. The number of nitrogens with zero attached hydrogens (tertiary/aromatic N) is 1. The minimum absolute atomic E-state index is 0.0217. The summed E-state index contributed by atoms with van der Waals surface area (Å²) < 4.78 is 0. The minimum Gasteiger partial charge on any atom is -0.360 e. The lowest BCUT2D eigenvalue weighted by Crippen LogP contribution is -2.39. The van der Waals surface area contributed by atoms with E-state index in [0.29, 0.717) is 23.2 Å². The molecule has 1 fully saturated rings. The maximum Gasteiger partial charge on any atom is 0.253 e. The SMILES string of the molecule is CCN1CCC[C@H]1CNC(=O)c1c[nH]c2cc(Cl)ccc12. The van der Waals surface area contributed by atoms with Crippen molar-refractivity contribution in [2.75, 3.05) is 19.6 Å². The molecule has 1 aromatic heterocycles. The van der Waals surface area contributed by atoms with Crippen LogP contribution in [0.2, 0.25) is 5.02 Å². The Morgan fingerprint density at radius 3 is 3.19 bits per heavy atom. The smallest absolute Gasteiger partial charge is 0.253 e. The third-order valence-corrected chi connectivity index (χ3v) is 4.53. The molecule has 0 saturated carbocycles. The summed E-state index contributed by atoms with van der Waals surface area (Å²) in [6, 6.07) is 6.00. The van der Waals surface area contributed by atoms with Gasteiger partial charge in [-0.15, -0.1) is 0 Å². The van der Waals surface area contributed by atoms with Gasteiger partial charge in [-0.2, -0.15) is 0 Å². The molecule has 1 aromatic carbocycles. The molecular weight excluding hydrogens is 286 g/mol. The van der Waals surface area contributed by atoms with Gasteiger partial charge in [-0.1, -0.05) is 24.6 Å². The molecule has 21 heavy (non-hydrogen) atoms. The van der Waals surface area contributed by atoms with Crippen LogP contribution < -0.4 is 5.32 Å². The zero-order valence-electron chi connectivity index (χ0n) is 12.2. The van der Waals surface area contributed by atoms with Crippen LogP contribution in [0.15, 0.2) is 24.4 Å². The molecule has 1 amide bonds. The number of rotatable bonds is 4. The van der Waals surface area contributed by atoms with Gasteiger partial charge >= 0.3 is 0 Å². The Labute approximate surface area is 129 Å². The third-order valence-electron chi connectivity index (χ3n) is 4.29. The van der Waals surface area contributed by atoms with Crippen LogP contribution in [0.1, 0.15) is 30.1 Å². The summed E-state index contributed by atoms with van der Waals surface area (Å²) in [4.78, 5) is 17.9. The van der Waals surface area contributed by atoms with Gasteiger partial charge in [0, 0.05) is 34.7 Å². The molecule has 0 bridgehead atoms. The second kappa shape index (κ2) is 6.08. The molecule has 112 valence electrons. The first-order valence-electron chi connectivity index (χ1n) is 7.48. The van der Waals surface area contributed by atoms with Crippen molar-refractivity contribution in [3.8, 4) is 0 Å². The zero-order chi connectivity index (χ0) is 14.8. The summed E-state index contributed by atoms with van der Waals surface area (Å²) in [7, 11) is 0. The number of amides is 1. The first kappa shape index (κ1) is 14.4. The summed E-state index contributed by atoms with van der Waals surface area (Å²) >= 11 is 5.96. The van der Waals surface area contributed by atoms with Crippen LogP contribution in [0, 0.1) is 0 Å². The highest BCUT2D eigenvalue weighted by Gasteiger charge is 2.23. The van der Waals surface area contributed by atoms with Gasteiger partial charge in [-0.25, -0.2) is 0 Å². The lowest BCUT2D eigenvalue weighted by atomic mass is 10.1. The Balaban J connectivity index is 1.69. The van der Waals surface area contributed by atoms with Gasteiger partial charge in [0.25, 0.3) is 5.91 Å². The highest BCUT2D eigenvalue weighted by molar-refractivity contribution is 6.31. The van der Waals surface area contributed by atoms with Gasteiger partial charge in [0.05, 0.1) is 5.56 Å². The van der Waals surface area contributed by atoms with E-state index in [1.807, 2.05) is 18.2 Å². The molecule has 3 rings (SSSR count). The lowest BCUT2D eigenvalue weighted by molar-refractivity contribution is 0.0943. The number of benzene rings is 1. The fourth-order valence-electron chi connectivity index (χ4n) is 3.13. The second-order valence-electron chi connectivity index (χ2n) is 5.53. The quantitative estimate of drug-likeness (QED) is 0.912. The summed E-state index contributed by atoms with van der Waals surface area (Å²) in [5, 5.41) is 4.64. The Bertz CT molecular complexity index is 652. The average molecular weight is 306 g/mol. The van der Waals surface area contributed by atoms with Crippen molar-refractivity contribution in [3.05, 3.63) is 35.0 Å². The van der Waals surface area contributed by atoms with E-state index in [4.69, 9.17) is 11.6 Å². The van der Waals surface area contributed by atoms with E-state index in [9.17, 15) is 4.79 Å². The molecule has 2 heterocycles. The normalized spacial score (nSPS) is 19.2. The predicted octanol–water partition coefficient (Wildman–Crippen LogP) is 3.04. The van der Waals surface area contributed by atoms with Crippen LogP contribution in [0.5, 0.6) is 0 Å². The fourth-order valence-corrected chi connectivity index (χ4v) is 3.31. The zero-order valence-corrected chi connectivity index (χ0v) is 12.9. The van der Waals surface area contributed by atoms with Crippen molar-refractivity contribution in [1.29, 1.82) is 0 Å². The van der Waals surface area contributed by atoms with Crippen LogP contribution in [-0.4, -0.2) is 41.5 Å². The number of nitrogens with one attached hydrogen (secondary N) is 2. The van der Waals surface area contributed by atoms with E-state index in [-0.39, 0.29) is 5.91 Å². The number of halogens is 1. The topological polar surface area (TPSA) is 48.1 Å². The van der Waals surface area contributed by atoms with Crippen molar-refractivity contribution in [1.82, 2.24) is 15.2 Å². The number of hydrogen-bond donors (Lipinski definition) is 2. The van der Waals surface area contributed by atoms with E-state index >= 15 is 0 Å². The van der Waals surface area contributed by atoms with Gasteiger partial charge in [0.2, 0.25) is 0 Å². The van der Waals surface area contributed by atoms with Gasteiger partial charge in [0.1, 0.15) is 0 Å². The molecule has 4 nitrogen and oxygen atoms in total. The Hall–Kier alpha value is -1.52. The van der Waals surface area contributed by atoms with Crippen molar-refractivity contribution < 1.29 is 4.79 Å². The number of H-pyrrole nitrogens is 1. The summed E-state index contributed by atoms with van der Waals surface area (Å²) in [6.45, 7) is 5.07. The molecule has 0 unspecified atom stereocenters. The number of aromatic nitrogens is 1. The van der Waals surface area contributed by atoms with E-state index in [0.717, 1.165) is 30.4 Å². The van der Waals surface area contributed by atoms with Crippen LogP contribution in [0.4, 0.5) is 0 Å². The first-order chi connectivity index (χ1) is 10.2. The minimum atomic E-state index is -0.0217. The lowest BCUT2D eigenvalue weighted by Gasteiger charge is -2.22.